The summed E-state index contributed by atoms with van der Waals surface area (Å²) in [5.41, 5.74) is 1.71. The molecule has 7 nitrogen and oxygen atoms in total. The number of carbonyl (C=O) groups is 2. The molecule has 1 N–H and O–H groups in total. The minimum Gasteiger partial charge on any atom is -0.475 e. The molecule has 0 radical (unpaired) electrons. The third kappa shape index (κ3) is 5.97. The van der Waals surface area contributed by atoms with E-state index in [4.69, 9.17) is 14.6 Å². The second-order valence-electron chi connectivity index (χ2n) is 7.63. The SMILES string of the molecule is O=C(O)C(F)(F)F.O=C(c1cccnc1)N1CCOC2(CCN(c3ccccc3)CC2)C1. The zero-order valence-electron chi connectivity index (χ0n) is 17.3. The average molecular weight is 451 g/mol. The first-order valence-corrected chi connectivity index (χ1v) is 10.1. The molecular formula is C22H24F3N3O4. The number of pyridine rings is 1. The van der Waals surface area contributed by atoms with Crippen molar-refractivity contribution in [3.05, 3.63) is 60.4 Å². The molecular weight excluding hydrogens is 427 g/mol. The van der Waals surface area contributed by atoms with Crippen LogP contribution in [0.3, 0.4) is 0 Å². The van der Waals surface area contributed by atoms with E-state index in [2.05, 4.69) is 34.1 Å². The van der Waals surface area contributed by atoms with Gasteiger partial charge in [0.05, 0.1) is 24.3 Å². The van der Waals surface area contributed by atoms with Gasteiger partial charge < -0.3 is 19.6 Å². The molecule has 2 saturated heterocycles. The van der Waals surface area contributed by atoms with Crippen molar-refractivity contribution in [2.75, 3.05) is 37.7 Å². The number of nitrogens with zero attached hydrogens (tertiary/aromatic N) is 3. The first kappa shape index (κ1) is 23.5. The number of hydrogen-bond donors (Lipinski definition) is 1. The van der Waals surface area contributed by atoms with Gasteiger partial charge in [-0.05, 0) is 37.1 Å². The number of morpholine rings is 1. The maximum Gasteiger partial charge on any atom is 0.490 e. The number of carbonyl (C=O) groups excluding carboxylic acids is 1. The fourth-order valence-corrected chi connectivity index (χ4v) is 3.80. The Balaban J connectivity index is 0.000000360. The van der Waals surface area contributed by atoms with Crippen molar-refractivity contribution >= 4 is 17.6 Å². The number of para-hydroxylation sites is 1. The standard InChI is InChI=1S/C20H23N3O2.C2HF3O2/c24-19(17-5-4-10-21-15-17)23-13-14-25-20(16-23)8-11-22(12-9-20)18-6-2-1-3-7-18;3-2(4,5)1(6)7/h1-7,10,15H,8-9,11-14,16H2;(H,6,7). The van der Waals surface area contributed by atoms with E-state index in [1.54, 1.807) is 12.4 Å². The fourth-order valence-electron chi connectivity index (χ4n) is 3.80. The fraction of sp³-hybridized carbons (Fsp3) is 0.409. The van der Waals surface area contributed by atoms with Crippen LogP contribution in [0.25, 0.3) is 0 Å². The van der Waals surface area contributed by atoms with Gasteiger partial charge in [-0.25, -0.2) is 4.79 Å². The summed E-state index contributed by atoms with van der Waals surface area (Å²) in [6.07, 6.45) is 0.136. The monoisotopic (exact) mass is 451 g/mol. The molecule has 0 unspecified atom stereocenters. The zero-order valence-corrected chi connectivity index (χ0v) is 17.3. The van der Waals surface area contributed by atoms with Crippen LogP contribution in [-0.2, 0) is 9.53 Å². The number of piperidine rings is 1. The Labute approximate surface area is 183 Å². The van der Waals surface area contributed by atoms with Crippen molar-refractivity contribution in [1.82, 2.24) is 9.88 Å². The highest BCUT2D eigenvalue weighted by atomic mass is 19.4. The van der Waals surface area contributed by atoms with Crippen LogP contribution >= 0.6 is 0 Å². The number of anilines is 1. The maximum atomic E-state index is 12.7. The van der Waals surface area contributed by atoms with Crippen molar-refractivity contribution < 1.29 is 32.6 Å². The van der Waals surface area contributed by atoms with Gasteiger partial charge in [-0.15, -0.1) is 0 Å². The lowest BCUT2D eigenvalue weighted by Crippen LogP contribution is -2.58. The highest BCUT2D eigenvalue weighted by Crippen LogP contribution is 2.32. The molecule has 0 saturated carbocycles. The Morgan fingerprint density at radius 2 is 1.69 bits per heavy atom. The van der Waals surface area contributed by atoms with Gasteiger partial charge in [0.15, 0.2) is 0 Å². The van der Waals surface area contributed by atoms with Crippen LogP contribution in [0, 0.1) is 0 Å². The largest absolute Gasteiger partial charge is 0.490 e. The van der Waals surface area contributed by atoms with Crippen LogP contribution in [0.4, 0.5) is 18.9 Å². The molecule has 2 aliphatic rings. The number of hydrogen-bond acceptors (Lipinski definition) is 5. The maximum absolute atomic E-state index is 12.7. The number of aliphatic carboxylic acids is 1. The number of carboxylic acids is 1. The molecule has 10 heteroatoms. The van der Waals surface area contributed by atoms with Crippen molar-refractivity contribution in [1.29, 1.82) is 0 Å². The van der Waals surface area contributed by atoms with E-state index < -0.39 is 12.1 Å². The van der Waals surface area contributed by atoms with Crippen molar-refractivity contribution in [3.8, 4) is 0 Å². The number of aromatic nitrogens is 1. The summed E-state index contributed by atoms with van der Waals surface area (Å²) in [7, 11) is 0. The van der Waals surface area contributed by atoms with Gasteiger partial charge in [-0.2, -0.15) is 13.2 Å². The van der Waals surface area contributed by atoms with E-state index in [0.717, 1.165) is 25.9 Å². The molecule has 172 valence electrons. The highest BCUT2D eigenvalue weighted by molar-refractivity contribution is 5.94. The van der Waals surface area contributed by atoms with Gasteiger partial charge in [0.1, 0.15) is 0 Å². The van der Waals surface area contributed by atoms with Crippen LogP contribution in [0.15, 0.2) is 54.9 Å². The van der Waals surface area contributed by atoms with Crippen LogP contribution in [0.2, 0.25) is 0 Å². The Kier molecular flexibility index (Phi) is 7.34. The molecule has 1 aromatic carbocycles. The van der Waals surface area contributed by atoms with Crippen molar-refractivity contribution in [2.45, 2.75) is 24.6 Å². The van der Waals surface area contributed by atoms with Crippen LogP contribution in [0.1, 0.15) is 23.2 Å². The van der Waals surface area contributed by atoms with E-state index in [1.165, 1.54) is 5.69 Å². The Bertz CT molecular complexity index is 902. The minimum absolute atomic E-state index is 0.0567. The van der Waals surface area contributed by atoms with E-state index in [1.807, 2.05) is 23.1 Å². The summed E-state index contributed by atoms with van der Waals surface area (Å²) in [6.45, 7) is 3.84. The van der Waals surface area contributed by atoms with E-state index >= 15 is 0 Å². The highest BCUT2D eigenvalue weighted by Gasteiger charge is 2.41. The summed E-state index contributed by atoms with van der Waals surface area (Å²) >= 11 is 0. The summed E-state index contributed by atoms with van der Waals surface area (Å²) in [5.74, 6) is -2.70. The van der Waals surface area contributed by atoms with Crippen LogP contribution < -0.4 is 4.90 Å². The number of halogens is 3. The number of amides is 1. The second kappa shape index (κ2) is 9.99. The molecule has 2 aromatic rings. The Hall–Kier alpha value is -3.14. The molecule has 32 heavy (non-hydrogen) atoms. The third-order valence-electron chi connectivity index (χ3n) is 5.48. The van der Waals surface area contributed by atoms with Gasteiger partial charge in [0, 0.05) is 37.7 Å². The summed E-state index contributed by atoms with van der Waals surface area (Å²) in [6, 6.07) is 14.1. The predicted octanol–water partition coefficient (Wildman–Crippen LogP) is 3.23. The smallest absolute Gasteiger partial charge is 0.475 e. The number of carboxylic acid groups (broad SMARTS) is 1. The van der Waals surface area contributed by atoms with E-state index in [9.17, 15) is 18.0 Å². The van der Waals surface area contributed by atoms with Crippen LogP contribution in [0.5, 0.6) is 0 Å². The lowest BCUT2D eigenvalue weighted by Gasteiger charge is -2.47. The molecule has 1 aromatic heterocycles. The molecule has 1 spiro atoms. The van der Waals surface area contributed by atoms with Gasteiger partial charge in [-0.1, -0.05) is 18.2 Å². The molecule has 0 aliphatic carbocycles. The molecule has 0 bridgehead atoms. The first-order valence-electron chi connectivity index (χ1n) is 10.1. The summed E-state index contributed by atoms with van der Waals surface area (Å²) < 4.78 is 37.9. The Morgan fingerprint density at radius 3 is 2.25 bits per heavy atom. The normalized spacial score (nSPS) is 18.0. The zero-order chi connectivity index (χ0) is 23.2. The lowest BCUT2D eigenvalue weighted by atomic mass is 9.89. The number of alkyl halides is 3. The van der Waals surface area contributed by atoms with Crippen molar-refractivity contribution in [2.24, 2.45) is 0 Å². The van der Waals surface area contributed by atoms with Gasteiger partial charge in [-0.3, -0.25) is 9.78 Å². The number of benzene rings is 1. The van der Waals surface area contributed by atoms with Gasteiger partial charge in [0.25, 0.3) is 5.91 Å². The first-order chi connectivity index (χ1) is 15.2. The van der Waals surface area contributed by atoms with Gasteiger partial charge >= 0.3 is 12.1 Å². The predicted molar refractivity (Wildman–Crippen MR) is 110 cm³/mol. The van der Waals surface area contributed by atoms with E-state index in [-0.39, 0.29) is 11.5 Å². The molecule has 1 amide bonds. The van der Waals surface area contributed by atoms with E-state index in [0.29, 0.717) is 25.3 Å². The topological polar surface area (TPSA) is 83.0 Å². The van der Waals surface area contributed by atoms with Crippen molar-refractivity contribution in [3.63, 3.8) is 0 Å². The number of rotatable bonds is 2. The summed E-state index contributed by atoms with van der Waals surface area (Å²) in [4.78, 5) is 30.0. The molecule has 3 heterocycles. The Morgan fingerprint density at radius 1 is 1.03 bits per heavy atom. The quantitative estimate of drug-likeness (QED) is 0.755. The molecule has 0 atom stereocenters. The average Bonchev–Trinajstić information content (AvgIpc) is 2.80. The third-order valence-corrected chi connectivity index (χ3v) is 5.48. The molecule has 2 aliphatic heterocycles. The molecule has 2 fully saturated rings. The second-order valence-corrected chi connectivity index (χ2v) is 7.63. The summed E-state index contributed by atoms with van der Waals surface area (Å²) in [5, 5.41) is 7.12. The minimum atomic E-state index is -5.08. The van der Waals surface area contributed by atoms with Gasteiger partial charge in [0.2, 0.25) is 0 Å². The lowest BCUT2D eigenvalue weighted by molar-refractivity contribution is -0.192. The van der Waals surface area contributed by atoms with Crippen LogP contribution in [-0.4, -0.2) is 71.4 Å². The molecule has 4 rings (SSSR count). The number of ether oxygens (including phenoxy) is 1.